The molecule has 0 aliphatic rings. The first-order chi connectivity index (χ1) is 9.51. The van der Waals surface area contributed by atoms with Crippen LogP contribution in [0.25, 0.3) is 0 Å². The number of halogens is 3. The fraction of sp³-hybridized carbons (Fsp3) is 0.250. The molecule has 0 N–H and O–H groups in total. The smallest absolute Gasteiger partial charge is 0.118 e. The van der Waals surface area contributed by atoms with Crippen molar-refractivity contribution < 1.29 is 4.74 Å². The average Bonchev–Trinajstić information content (AvgIpc) is 2.43. The first-order valence-electron chi connectivity index (χ1n) is 6.24. The molecule has 0 aromatic heterocycles. The van der Waals surface area contributed by atoms with E-state index in [-0.39, 0.29) is 5.38 Å². The van der Waals surface area contributed by atoms with E-state index < -0.39 is 0 Å². The van der Waals surface area contributed by atoms with E-state index in [1.807, 2.05) is 24.3 Å². The number of ether oxygens (including phenoxy) is 1. The summed E-state index contributed by atoms with van der Waals surface area (Å²) in [6, 6.07) is 12.2. The Balaban J connectivity index is 2.18. The molecule has 0 heterocycles. The summed E-state index contributed by atoms with van der Waals surface area (Å²) in [6.07, 6.45) is 0.777. The lowest BCUT2D eigenvalue weighted by atomic mass is 10.0. The summed E-state index contributed by atoms with van der Waals surface area (Å²) in [5.41, 5.74) is 3.48. The van der Waals surface area contributed by atoms with Gasteiger partial charge < -0.3 is 4.74 Å². The lowest BCUT2D eigenvalue weighted by Gasteiger charge is -2.14. The predicted molar refractivity (Wildman–Crippen MR) is 91.9 cm³/mol. The number of hydrogen-bond acceptors (Lipinski definition) is 1. The van der Waals surface area contributed by atoms with Gasteiger partial charge in [-0.3, -0.25) is 0 Å². The maximum atomic E-state index is 6.56. The van der Waals surface area contributed by atoms with Crippen molar-refractivity contribution in [1.29, 1.82) is 0 Å². The van der Waals surface area contributed by atoms with Gasteiger partial charge in [0.05, 0.1) is 12.5 Å². The summed E-state index contributed by atoms with van der Waals surface area (Å²) in [5, 5.41) is -0.0744. The highest BCUT2D eigenvalue weighted by molar-refractivity contribution is 9.11. The Morgan fingerprint density at radius 2 is 1.75 bits per heavy atom. The first kappa shape index (κ1) is 15.9. The van der Waals surface area contributed by atoms with Crippen molar-refractivity contribution in [3.8, 4) is 5.75 Å². The lowest BCUT2D eigenvalue weighted by Crippen LogP contribution is -1.98. The maximum Gasteiger partial charge on any atom is 0.118 e. The van der Waals surface area contributed by atoms with E-state index in [1.54, 1.807) is 7.11 Å². The largest absolute Gasteiger partial charge is 0.497 e. The summed E-state index contributed by atoms with van der Waals surface area (Å²) in [7, 11) is 1.67. The van der Waals surface area contributed by atoms with E-state index in [4.69, 9.17) is 16.3 Å². The second kappa shape index (κ2) is 6.97. The quantitative estimate of drug-likeness (QED) is 0.549. The topological polar surface area (TPSA) is 9.23 Å². The van der Waals surface area contributed by atoms with Gasteiger partial charge in [0, 0.05) is 8.95 Å². The van der Waals surface area contributed by atoms with Gasteiger partial charge in [-0.2, -0.15) is 0 Å². The van der Waals surface area contributed by atoms with Crippen molar-refractivity contribution in [2.45, 2.75) is 18.7 Å². The Kier molecular flexibility index (Phi) is 5.53. The minimum atomic E-state index is -0.0744. The van der Waals surface area contributed by atoms with Crippen LogP contribution in [0.3, 0.4) is 0 Å². The van der Waals surface area contributed by atoms with Crippen molar-refractivity contribution in [2.75, 3.05) is 7.11 Å². The molecule has 1 unspecified atom stereocenters. The zero-order valence-corrected chi connectivity index (χ0v) is 15.2. The molecule has 0 fully saturated rings. The van der Waals surface area contributed by atoms with E-state index in [1.165, 1.54) is 11.1 Å². The van der Waals surface area contributed by atoms with Gasteiger partial charge in [0.1, 0.15) is 5.75 Å². The minimum Gasteiger partial charge on any atom is -0.497 e. The van der Waals surface area contributed by atoms with Gasteiger partial charge in [-0.25, -0.2) is 0 Å². The van der Waals surface area contributed by atoms with Crippen LogP contribution >= 0.6 is 43.5 Å². The SMILES string of the molecule is COc1ccc(CC(Cl)c2cc(Br)c(C)cc2Br)cc1. The van der Waals surface area contributed by atoms with Gasteiger partial charge in [-0.05, 0) is 54.3 Å². The second-order valence-corrected chi connectivity index (χ2v) is 6.88. The van der Waals surface area contributed by atoms with Crippen LogP contribution in [-0.4, -0.2) is 7.11 Å². The lowest BCUT2D eigenvalue weighted by molar-refractivity contribution is 0.414. The van der Waals surface area contributed by atoms with Crippen molar-refractivity contribution in [3.63, 3.8) is 0 Å². The highest BCUT2D eigenvalue weighted by Gasteiger charge is 2.14. The highest BCUT2D eigenvalue weighted by Crippen LogP contribution is 2.34. The number of alkyl halides is 1. The summed E-state index contributed by atoms with van der Waals surface area (Å²) in [5.74, 6) is 0.860. The molecule has 0 saturated carbocycles. The van der Waals surface area contributed by atoms with E-state index in [0.29, 0.717) is 0 Å². The monoisotopic (exact) mass is 416 g/mol. The van der Waals surface area contributed by atoms with Gasteiger partial charge in [0.2, 0.25) is 0 Å². The third kappa shape index (κ3) is 3.78. The van der Waals surface area contributed by atoms with Gasteiger partial charge in [-0.1, -0.05) is 44.0 Å². The molecule has 0 saturated heterocycles. The molecule has 2 aromatic carbocycles. The third-order valence-corrected chi connectivity index (χ3v) is 5.12. The van der Waals surface area contributed by atoms with Crippen LogP contribution in [0.5, 0.6) is 5.75 Å². The van der Waals surface area contributed by atoms with Crippen LogP contribution in [0.1, 0.15) is 22.1 Å². The fourth-order valence-corrected chi connectivity index (χ4v) is 3.57. The summed E-state index contributed by atoms with van der Waals surface area (Å²) < 4.78 is 7.29. The van der Waals surface area contributed by atoms with Crippen molar-refractivity contribution in [1.82, 2.24) is 0 Å². The van der Waals surface area contributed by atoms with Crippen LogP contribution < -0.4 is 4.74 Å². The third-order valence-electron chi connectivity index (χ3n) is 3.19. The number of aryl methyl sites for hydroxylation is 1. The van der Waals surface area contributed by atoms with Gasteiger partial charge in [0.15, 0.2) is 0 Å². The Labute approximate surface area is 141 Å². The van der Waals surface area contributed by atoms with Crippen LogP contribution in [-0.2, 0) is 6.42 Å². The van der Waals surface area contributed by atoms with E-state index in [0.717, 1.165) is 26.7 Å². The van der Waals surface area contributed by atoms with Crippen molar-refractivity contribution in [3.05, 3.63) is 62.0 Å². The fourth-order valence-electron chi connectivity index (χ4n) is 1.98. The molecule has 0 aliphatic heterocycles. The average molecular weight is 419 g/mol. The maximum absolute atomic E-state index is 6.56. The zero-order chi connectivity index (χ0) is 14.7. The van der Waals surface area contributed by atoms with E-state index in [9.17, 15) is 0 Å². The Morgan fingerprint density at radius 3 is 2.35 bits per heavy atom. The normalized spacial score (nSPS) is 12.2. The Hall–Kier alpha value is -0.510. The molecule has 0 spiro atoms. The molecule has 4 heteroatoms. The molecule has 0 bridgehead atoms. The molecular formula is C16H15Br2ClO. The van der Waals surface area contributed by atoms with Crippen molar-refractivity contribution in [2.24, 2.45) is 0 Å². The predicted octanol–water partition coefficient (Wildman–Crippen LogP) is 6.05. The first-order valence-corrected chi connectivity index (χ1v) is 8.26. The highest BCUT2D eigenvalue weighted by atomic mass is 79.9. The zero-order valence-electron chi connectivity index (χ0n) is 11.3. The molecule has 0 amide bonds. The molecule has 2 rings (SSSR count). The van der Waals surface area contributed by atoms with Gasteiger partial charge >= 0.3 is 0 Å². The number of benzene rings is 2. The van der Waals surface area contributed by atoms with Crippen LogP contribution in [0.4, 0.5) is 0 Å². The molecular weight excluding hydrogens is 403 g/mol. The molecule has 20 heavy (non-hydrogen) atoms. The van der Waals surface area contributed by atoms with E-state index >= 15 is 0 Å². The van der Waals surface area contributed by atoms with Crippen molar-refractivity contribution >= 4 is 43.5 Å². The Bertz CT molecular complexity index is 596. The molecule has 0 radical (unpaired) electrons. The van der Waals surface area contributed by atoms with Gasteiger partial charge in [-0.15, -0.1) is 11.6 Å². The van der Waals surface area contributed by atoms with Crippen LogP contribution in [0, 0.1) is 6.92 Å². The standard InChI is InChI=1S/C16H15Br2ClO/c1-10-7-15(18)13(9-14(10)17)16(19)8-11-3-5-12(20-2)6-4-11/h3-7,9,16H,8H2,1-2H3. The van der Waals surface area contributed by atoms with E-state index in [2.05, 4.69) is 50.9 Å². The minimum absolute atomic E-state index is 0.0744. The number of methoxy groups -OCH3 is 1. The van der Waals surface area contributed by atoms with Crippen LogP contribution in [0.2, 0.25) is 0 Å². The molecule has 2 aromatic rings. The molecule has 1 atom stereocenters. The summed E-state index contributed by atoms with van der Waals surface area (Å²) in [4.78, 5) is 0. The number of hydrogen-bond donors (Lipinski definition) is 0. The number of rotatable bonds is 4. The Morgan fingerprint density at radius 1 is 1.10 bits per heavy atom. The second-order valence-electron chi connectivity index (χ2n) is 4.64. The summed E-state index contributed by atoms with van der Waals surface area (Å²) >= 11 is 13.7. The summed E-state index contributed by atoms with van der Waals surface area (Å²) in [6.45, 7) is 2.06. The molecule has 1 nitrogen and oxygen atoms in total. The molecule has 106 valence electrons. The van der Waals surface area contributed by atoms with Gasteiger partial charge in [0.25, 0.3) is 0 Å². The van der Waals surface area contributed by atoms with Crippen LogP contribution in [0.15, 0.2) is 45.3 Å². The molecule has 0 aliphatic carbocycles.